The first-order chi connectivity index (χ1) is 40.7. The average Bonchev–Trinajstić information content (AvgIpc) is 3.22. The number of halogens is 2. The fourth-order valence-electron chi connectivity index (χ4n) is 8.70. The zero-order chi connectivity index (χ0) is 62.5. The first kappa shape index (κ1) is 73.2. The second kappa shape index (κ2) is 32.5. The van der Waals surface area contributed by atoms with Gasteiger partial charge in [0.2, 0.25) is 0 Å². The van der Waals surface area contributed by atoms with Crippen LogP contribution in [-0.4, -0.2) is 149 Å². The standard InChI is InChI=1S/C19H29N5O2Si.C15H21N5OSi.C13H23BN2O3.C12H18ClN3OSi.CH4.ClH/c1-6-26-15(2)24-12-16(11-22-24)18-17-7-8-23(19(17)21-13-20-18)14-25-9-10-27(3,4)5;1-22(2,3)7-6-21-11-20-5-4-13-14(12-8-18-19-9-12)16-10-17-15(13)20;1-7-17-10(2)16-9-11(8-15-16)14-18-12(3,4)13(5,6)19-14;1-18(2,3)7-6-17-9-16-5-4-10-11(13)14-8-15-12(10)16;;/h7-8,11-13,15H,6,9-10,14H2,1-5H3;4-5,8-10H,6-7,11H2,1-3H3,(H,18,19);8-10H,7H2,1-6H3;4-5,8H,6-7,9H2,1-3H3;1H4;1H. The predicted octanol–water partition coefficient (Wildman–Crippen LogP) is 13.5. The van der Waals surface area contributed by atoms with Gasteiger partial charge in [0.25, 0.3) is 0 Å². The van der Waals surface area contributed by atoms with Crippen LogP contribution in [-0.2, 0) is 53.2 Å². The molecule has 0 saturated carbocycles. The van der Waals surface area contributed by atoms with Crippen LogP contribution in [0.15, 0.2) is 93.0 Å². The van der Waals surface area contributed by atoms with E-state index >= 15 is 0 Å². The highest BCUT2D eigenvalue weighted by atomic mass is 35.5. The van der Waals surface area contributed by atoms with Crippen LogP contribution < -0.4 is 5.46 Å². The number of hydrogen-bond acceptors (Lipinski definition) is 16. The lowest BCUT2D eigenvalue weighted by Gasteiger charge is -2.32. The quantitative estimate of drug-likeness (QED) is 0.0337. The van der Waals surface area contributed by atoms with Gasteiger partial charge < -0.3 is 46.7 Å². The van der Waals surface area contributed by atoms with E-state index in [1.807, 2.05) is 135 Å². The number of nitrogens with zero attached hydrogens (tertiary/aromatic N) is 14. The van der Waals surface area contributed by atoms with Gasteiger partial charge in [-0.2, -0.15) is 15.3 Å². The van der Waals surface area contributed by atoms with Gasteiger partial charge >= 0.3 is 7.12 Å². The summed E-state index contributed by atoms with van der Waals surface area (Å²) in [5.41, 5.74) is 6.52. The maximum absolute atomic E-state index is 5.99. The number of nitrogens with one attached hydrogen (secondary N) is 1. The van der Waals surface area contributed by atoms with Crippen LogP contribution in [0.5, 0.6) is 0 Å². The van der Waals surface area contributed by atoms with Crippen LogP contribution in [0.4, 0.5) is 0 Å². The molecule has 0 spiro atoms. The van der Waals surface area contributed by atoms with Crippen LogP contribution in [0.25, 0.3) is 55.6 Å². The fraction of sp³-hybridized carbons (Fsp3) is 0.550. The monoisotopic (exact) mass is 1300 g/mol. The minimum atomic E-state index is -1.08. The van der Waals surface area contributed by atoms with Gasteiger partial charge in [0, 0.05) is 128 Å². The third kappa shape index (κ3) is 20.5. The Balaban J connectivity index is 0.000000215. The Hall–Kier alpha value is -5.49. The summed E-state index contributed by atoms with van der Waals surface area (Å²) in [6.45, 7) is 42.4. The van der Waals surface area contributed by atoms with Crippen LogP contribution in [0.3, 0.4) is 0 Å². The zero-order valence-electron chi connectivity index (χ0n) is 54.1. The Labute approximate surface area is 534 Å². The van der Waals surface area contributed by atoms with E-state index in [0.29, 0.717) is 38.6 Å². The molecule has 10 heterocycles. The second-order valence-electron chi connectivity index (χ2n) is 25.9. The van der Waals surface area contributed by atoms with Crippen molar-refractivity contribution in [2.24, 2.45) is 0 Å². The van der Waals surface area contributed by atoms with E-state index in [0.717, 1.165) is 86.9 Å². The number of ether oxygens (including phenoxy) is 5. The van der Waals surface area contributed by atoms with Crippen molar-refractivity contribution in [1.82, 2.24) is 73.4 Å². The molecule has 0 aliphatic carbocycles. The van der Waals surface area contributed by atoms with Crippen LogP contribution >= 0.6 is 24.0 Å². The van der Waals surface area contributed by atoms with Crippen molar-refractivity contribution in [2.75, 3.05) is 33.0 Å². The Morgan fingerprint density at radius 2 is 0.977 bits per heavy atom. The molecule has 1 N–H and O–H groups in total. The maximum Gasteiger partial charge on any atom is 0.498 e. The summed E-state index contributed by atoms with van der Waals surface area (Å²) >= 11 is 5.99. The third-order valence-electron chi connectivity index (χ3n) is 14.7. The molecule has 9 aromatic heterocycles. The molecule has 9 aromatic rings. The number of aromatic amines is 1. The predicted molar refractivity (Wildman–Crippen MR) is 363 cm³/mol. The Morgan fingerprint density at radius 3 is 1.41 bits per heavy atom. The van der Waals surface area contributed by atoms with E-state index < -0.39 is 24.2 Å². The normalized spacial score (nSPS) is 14.5. The summed E-state index contributed by atoms with van der Waals surface area (Å²) in [6.07, 6.45) is 21.5. The van der Waals surface area contributed by atoms with E-state index in [1.165, 1.54) is 18.4 Å². The van der Waals surface area contributed by atoms with E-state index in [-0.39, 0.29) is 50.6 Å². The minimum absolute atomic E-state index is 0. The molecule has 1 fully saturated rings. The molecule has 482 valence electrons. The van der Waals surface area contributed by atoms with E-state index in [2.05, 4.69) is 109 Å². The fourth-order valence-corrected chi connectivity index (χ4v) is 11.2. The number of rotatable bonds is 24. The van der Waals surface area contributed by atoms with Crippen LogP contribution in [0.2, 0.25) is 82.2 Å². The van der Waals surface area contributed by atoms with Crippen LogP contribution in [0, 0.1) is 0 Å². The minimum Gasteiger partial charge on any atom is -0.399 e. The molecule has 2 unspecified atom stereocenters. The highest BCUT2D eigenvalue weighted by molar-refractivity contribution is 6.76. The summed E-state index contributed by atoms with van der Waals surface area (Å²) in [5.74, 6) is 0. The van der Waals surface area contributed by atoms with Gasteiger partial charge in [-0.15, -0.1) is 12.4 Å². The van der Waals surface area contributed by atoms with Gasteiger partial charge in [0.05, 0.1) is 40.4 Å². The van der Waals surface area contributed by atoms with Gasteiger partial charge in [0.15, 0.2) is 0 Å². The van der Waals surface area contributed by atoms with E-state index in [1.54, 1.807) is 29.7 Å². The lowest BCUT2D eigenvalue weighted by Crippen LogP contribution is -2.41. The largest absolute Gasteiger partial charge is 0.498 e. The molecule has 1 saturated heterocycles. The Morgan fingerprint density at radius 1 is 0.568 bits per heavy atom. The maximum atomic E-state index is 5.99. The summed E-state index contributed by atoms with van der Waals surface area (Å²) in [4.78, 5) is 25.9. The van der Waals surface area contributed by atoms with Gasteiger partial charge in [0.1, 0.15) is 73.7 Å². The molecule has 0 aromatic carbocycles. The van der Waals surface area contributed by atoms with Crippen LogP contribution in [0.1, 0.15) is 75.3 Å². The first-order valence-corrected chi connectivity index (χ1v) is 41.1. The summed E-state index contributed by atoms with van der Waals surface area (Å²) in [7, 11) is -3.52. The SMILES string of the molecule is C.CCOC(C)n1cc(-c2ncnc3c2ccn3COCC[Si](C)(C)C)cn1.CCOC(C)n1cc(B2OC(C)(C)C(C)(C)O2)cn1.C[Si](C)(C)CCOCn1ccc2c(-c3cn[nH]c3)ncnc21.C[Si](C)(C)CCOCn1ccc2c(Cl)ncnc21.Cl. The summed E-state index contributed by atoms with van der Waals surface area (Å²) < 4.78 is 50.0. The lowest BCUT2D eigenvalue weighted by molar-refractivity contribution is 0.00578. The van der Waals surface area contributed by atoms with Crippen molar-refractivity contribution in [3.63, 3.8) is 0 Å². The molecular formula is C60H96BCl2N15O7Si3. The summed E-state index contributed by atoms with van der Waals surface area (Å²) in [6, 6.07) is 9.47. The van der Waals surface area contributed by atoms with Gasteiger partial charge in [-0.1, -0.05) is 78.0 Å². The molecule has 0 radical (unpaired) electrons. The highest BCUT2D eigenvalue weighted by Gasteiger charge is 2.52. The van der Waals surface area contributed by atoms with Crippen molar-refractivity contribution in [1.29, 1.82) is 0 Å². The molecule has 0 bridgehead atoms. The summed E-state index contributed by atoms with van der Waals surface area (Å²) in [5, 5.41) is 18.9. The van der Waals surface area contributed by atoms with E-state index in [4.69, 9.17) is 44.6 Å². The van der Waals surface area contributed by atoms with Crippen molar-refractivity contribution < 1.29 is 33.0 Å². The second-order valence-corrected chi connectivity index (χ2v) is 43.1. The van der Waals surface area contributed by atoms with E-state index in [9.17, 15) is 0 Å². The Kier molecular flexibility index (Phi) is 27.0. The molecular weight excluding hydrogens is 1210 g/mol. The van der Waals surface area contributed by atoms with Gasteiger partial charge in [-0.05, 0) is 91.7 Å². The molecule has 28 heteroatoms. The number of aromatic nitrogens is 15. The van der Waals surface area contributed by atoms with Crippen molar-refractivity contribution in [2.45, 2.75) is 184 Å². The van der Waals surface area contributed by atoms with Gasteiger partial charge in [-0.3, -0.25) is 5.10 Å². The molecule has 2 atom stereocenters. The van der Waals surface area contributed by atoms with Crippen molar-refractivity contribution in [3.05, 3.63) is 98.1 Å². The van der Waals surface area contributed by atoms with Crippen molar-refractivity contribution in [3.8, 4) is 22.5 Å². The molecule has 1 aliphatic heterocycles. The Bertz CT molecular complexity index is 3500. The molecule has 1 aliphatic rings. The zero-order valence-corrected chi connectivity index (χ0v) is 58.6. The smallest absolute Gasteiger partial charge is 0.399 e. The first-order valence-electron chi connectivity index (χ1n) is 29.6. The molecule has 0 amide bonds. The number of fused-ring (bicyclic) bond motifs is 3. The molecule has 88 heavy (non-hydrogen) atoms. The highest BCUT2D eigenvalue weighted by Crippen LogP contribution is 2.37. The number of H-pyrrole nitrogens is 1. The number of hydrogen-bond donors (Lipinski definition) is 1. The average molecular weight is 1310 g/mol. The topological polar surface area (TPSA) is 221 Å². The third-order valence-corrected chi connectivity index (χ3v) is 20.1. The van der Waals surface area contributed by atoms with Gasteiger partial charge in [-0.25, -0.2) is 39.3 Å². The molecule has 10 rings (SSSR count). The lowest BCUT2D eigenvalue weighted by atomic mass is 9.82. The molecule has 22 nitrogen and oxygen atoms in total. The van der Waals surface area contributed by atoms with Crippen molar-refractivity contribution >= 4 is 93.9 Å².